The number of nitrogens with one attached hydrogen (secondary N) is 2. The number of carbonyl (C=O) groups excluding carboxylic acids is 1. The molecule has 0 spiro atoms. The normalized spacial score (nSPS) is 15.3. The summed E-state index contributed by atoms with van der Waals surface area (Å²) in [5.74, 6) is 3.11. The highest BCUT2D eigenvalue weighted by atomic mass is 32.2. The van der Waals surface area contributed by atoms with Gasteiger partial charge in [-0.25, -0.2) is 9.48 Å². The predicted molar refractivity (Wildman–Crippen MR) is 128 cm³/mol. The molecule has 2 heterocycles. The van der Waals surface area contributed by atoms with Crippen LogP contribution in [0.15, 0.2) is 48.5 Å². The number of anilines is 1. The average molecular weight is 449 g/mol. The van der Waals surface area contributed by atoms with Crippen LogP contribution < -0.4 is 10.6 Å². The topological polar surface area (TPSA) is 68.2 Å². The van der Waals surface area contributed by atoms with Gasteiger partial charge in [0, 0.05) is 30.7 Å². The molecule has 32 heavy (non-hydrogen) atoms. The number of para-hydroxylation sites is 1. The van der Waals surface area contributed by atoms with Crippen molar-refractivity contribution in [2.75, 3.05) is 12.4 Å². The Morgan fingerprint density at radius 2 is 2.03 bits per heavy atom. The molecular weight excluding hydrogens is 420 g/mol. The molecule has 0 unspecified atom stereocenters. The second-order valence-corrected chi connectivity index (χ2v) is 9.40. The van der Waals surface area contributed by atoms with Crippen LogP contribution >= 0.6 is 11.8 Å². The lowest BCUT2D eigenvalue weighted by molar-refractivity contribution is 0.185. The number of ether oxygens (including phenoxy) is 1. The number of aromatic nitrogens is 2. The minimum Gasteiger partial charge on any atom is -0.380 e. The third-order valence-electron chi connectivity index (χ3n) is 6.29. The molecule has 1 aliphatic carbocycles. The third-order valence-corrected chi connectivity index (χ3v) is 7.26. The second kappa shape index (κ2) is 9.38. The summed E-state index contributed by atoms with van der Waals surface area (Å²) in [6, 6.07) is 16.3. The fourth-order valence-electron chi connectivity index (χ4n) is 4.41. The number of thioether (sulfide) groups is 1. The number of carbonyl (C=O) groups is 1. The number of fused-ring (bicyclic) bond motifs is 1. The smallest absolute Gasteiger partial charge is 0.320 e. The summed E-state index contributed by atoms with van der Waals surface area (Å²) in [6.07, 6.45) is 3.73. The molecule has 7 heteroatoms. The van der Waals surface area contributed by atoms with Crippen molar-refractivity contribution < 1.29 is 9.53 Å². The molecule has 5 rings (SSSR count). The SMILES string of the molecule is COCc1ccc(C2CCC2)c(CNC(=O)Nc2c3c(nn2-c2ccccc2)CSC3)c1. The van der Waals surface area contributed by atoms with Gasteiger partial charge in [-0.05, 0) is 47.6 Å². The summed E-state index contributed by atoms with van der Waals surface area (Å²) >= 11 is 1.83. The summed E-state index contributed by atoms with van der Waals surface area (Å²) < 4.78 is 7.16. The second-order valence-electron chi connectivity index (χ2n) is 8.42. The molecule has 0 saturated heterocycles. The molecule has 166 valence electrons. The van der Waals surface area contributed by atoms with E-state index in [1.54, 1.807) is 7.11 Å². The van der Waals surface area contributed by atoms with Crippen molar-refractivity contribution in [2.24, 2.45) is 0 Å². The van der Waals surface area contributed by atoms with Crippen molar-refractivity contribution >= 4 is 23.6 Å². The maximum atomic E-state index is 12.9. The largest absolute Gasteiger partial charge is 0.380 e. The predicted octanol–water partition coefficient (Wildman–Crippen LogP) is 5.35. The summed E-state index contributed by atoms with van der Waals surface area (Å²) in [5.41, 5.74) is 6.77. The molecule has 1 saturated carbocycles. The fraction of sp³-hybridized carbons (Fsp3) is 0.360. The summed E-state index contributed by atoms with van der Waals surface area (Å²) in [5, 5.41) is 10.9. The molecule has 2 aliphatic rings. The van der Waals surface area contributed by atoms with E-state index in [9.17, 15) is 4.79 Å². The summed E-state index contributed by atoms with van der Waals surface area (Å²) in [4.78, 5) is 12.9. The maximum absolute atomic E-state index is 12.9. The molecule has 2 aromatic carbocycles. The molecule has 2 amide bonds. The Morgan fingerprint density at radius 1 is 1.19 bits per heavy atom. The number of amides is 2. The van der Waals surface area contributed by atoms with Gasteiger partial charge in [0.05, 0.1) is 18.0 Å². The van der Waals surface area contributed by atoms with Gasteiger partial charge in [-0.1, -0.05) is 42.8 Å². The zero-order valence-corrected chi connectivity index (χ0v) is 19.1. The van der Waals surface area contributed by atoms with Crippen LogP contribution in [0.2, 0.25) is 0 Å². The third kappa shape index (κ3) is 4.27. The quantitative estimate of drug-likeness (QED) is 0.511. The molecular formula is C25H28N4O2S. The van der Waals surface area contributed by atoms with Crippen LogP contribution in [0, 0.1) is 0 Å². The van der Waals surface area contributed by atoms with Crippen LogP contribution in [0.4, 0.5) is 10.6 Å². The lowest BCUT2D eigenvalue weighted by atomic mass is 9.78. The van der Waals surface area contributed by atoms with Crippen molar-refractivity contribution in [2.45, 2.75) is 49.8 Å². The molecule has 1 fully saturated rings. The lowest BCUT2D eigenvalue weighted by Gasteiger charge is -2.28. The van der Waals surface area contributed by atoms with Crippen LogP contribution in [-0.2, 0) is 29.4 Å². The van der Waals surface area contributed by atoms with Crippen molar-refractivity contribution in [3.63, 3.8) is 0 Å². The maximum Gasteiger partial charge on any atom is 0.320 e. The Morgan fingerprint density at radius 3 is 2.78 bits per heavy atom. The van der Waals surface area contributed by atoms with Gasteiger partial charge in [-0.2, -0.15) is 16.9 Å². The first-order chi connectivity index (χ1) is 15.7. The Kier molecular flexibility index (Phi) is 6.19. The molecule has 0 atom stereocenters. The van der Waals surface area contributed by atoms with Gasteiger partial charge in [0.2, 0.25) is 0 Å². The van der Waals surface area contributed by atoms with Crippen LogP contribution in [0.3, 0.4) is 0 Å². The van der Waals surface area contributed by atoms with Gasteiger partial charge in [-0.15, -0.1) is 0 Å². The molecule has 2 N–H and O–H groups in total. The molecule has 6 nitrogen and oxygen atoms in total. The highest BCUT2D eigenvalue weighted by Gasteiger charge is 2.25. The van der Waals surface area contributed by atoms with E-state index in [0.717, 1.165) is 39.8 Å². The molecule has 0 radical (unpaired) electrons. The van der Waals surface area contributed by atoms with E-state index < -0.39 is 0 Å². The number of urea groups is 1. The van der Waals surface area contributed by atoms with Crippen molar-refractivity contribution in [1.29, 1.82) is 0 Å². The van der Waals surface area contributed by atoms with Gasteiger partial charge < -0.3 is 10.1 Å². The van der Waals surface area contributed by atoms with E-state index in [-0.39, 0.29) is 6.03 Å². The average Bonchev–Trinajstić information content (AvgIpc) is 3.36. The fourth-order valence-corrected chi connectivity index (χ4v) is 5.45. The summed E-state index contributed by atoms with van der Waals surface area (Å²) in [7, 11) is 1.71. The Labute approximate surface area is 192 Å². The minimum atomic E-state index is -0.210. The van der Waals surface area contributed by atoms with E-state index in [2.05, 4.69) is 28.8 Å². The van der Waals surface area contributed by atoms with Crippen LogP contribution in [0.5, 0.6) is 0 Å². The first-order valence-corrected chi connectivity index (χ1v) is 12.3. The first kappa shape index (κ1) is 21.1. The minimum absolute atomic E-state index is 0.210. The lowest BCUT2D eigenvalue weighted by Crippen LogP contribution is -2.30. The zero-order valence-electron chi connectivity index (χ0n) is 18.3. The van der Waals surface area contributed by atoms with Gasteiger partial charge in [0.15, 0.2) is 0 Å². The van der Waals surface area contributed by atoms with Crippen LogP contribution in [0.25, 0.3) is 5.69 Å². The van der Waals surface area contributed by atoms with Crippen LogP contribution in [-0.4, -0.2) is 22.9 Å². The first-order valence-electron chi connectivity index (χ1n) is 11.1. The van der Waals surface area contributed by atoms with Gasteiger partial charge in [-0.3, -0.25) is 5.32 Å². The van der Waals surface area contributed by atoms with Crippen molar-refractivity contribution in [3.8, 4) is 5.69 Å². The Balaban J connectivity index is 1.34. The molecule has 3 aromatic rings. The van der Waals surface area contributed by atoms with E-state index >= 15 is 0 Å². The number of hydrogen-bond donors (Lipinski definition) is 2. The van der Waals surface area contributed by atoms with Crippen LogP contribution in [0.1, 0.15) is 53.1 Å². The number of hydrogen-bond acceptors (Lipinski definition) is 4. The highest BCUT2D eigenvalue weighted by molar-refractivity contribution is 7.98. The van der Waals surface area contributed by atoms with E-state index in [4.69, 9.17) is 9.84 Å². The van der Waals surface area contributed by atoms with E-state index in [0.29, 0.717) is 19.1 Å². The van der Waals surface area contributed by atoms with E-state index in [1.165, 1.54) is 30.4 Å². The zero-order chi connectivity index (χ0) is 21.9. The van der Waals surface area contributed by atoms with Gasteiger partial charge in [0.1, 0.15) is 5.82 Å². The van der Waals surface area contributed by atoms with Gasteiger partial charge >= 0.3 is 6.03 Å². The molecule has 1 aliphatic heterocycles. The highest BCUT2D eigenvalue weighted by Crippen LogP contribution is 2.38. The standard InChI is InChI=1S/C25H28N4O2S/c1-31-14-17-10-11-21(18-6-5-7-18)19(12-17)13-26-25(30)27-24-22-15-32-16-23(22)28-29(24)20-8-3-2-4-9-20/h2-4,8-12,18H,5-7,13-16H2,1H3,(H2,26,27,30). The number of benzene rings is 2. The number of nitrogens with zero attached hydrogens (tertiary/aromatic N) is 2. The van der Waals surface area contributed by atoms with Crippen molar-refractivity contribution in [3.05, 3.63) is 76.5 Å². The monoisotopic (exact) mass is 448 g/mol. The summed E-state index contributed by atoms with van der Waals surface area (Å²) in [6.45, 7) is 1.07. The Bertz CT molecular complexity index is 1110. The van der Waals surface area contributed by atoms with Crippen molar-refractivity contribution in [1.82, 2.24) is 15.1 Å². The van der Waals surface area contributed by atoms with Gasteiger partial charge in [0.25, 0.3) is 0 Å². The van der Waals surface area contributed by atoms with E-state index in [1.807, 2.05) is 46.8 Å². The molecule has 0 bridgehead atoms. The Hall–Kier alpha value is -2.77. The number of rotatable bonds is 7. The molecule has 1 aromatic heterocycles. The number of methoxy groups -OCH3 is 1.